The Bertz CT molecular complexity index is 826. The number of cyclic esters (lactones) is 1. The van der Waals surface area contributed by atoms with Crippen LogP contribution < -0.4 is 10.2 Å². The number of ether oxygens (including phenoxy) is 1. The summed E-state index contributed by atoms with van der Waals surface area (Å²) in [4.78, 5) is 37.4. The number of benzene rings is 1. The van der Waals surface area contributed by atoms with Gasteiger partial charge in [0.15, 0.2) is 0 Å². The Hall–Kier alpha value is -2.94. The summed E-state index contributed by atoms with van der Waals surface area (Å²) in [5, 5.41) is 11.6. The largest absolute Gasteiger partial charge is 0.442 e. The van der Waals surface area contributed by atoms with Crippen molar-refractivity contribution in [2.75, 3.05) is 31.1 Å². The maximum absolute atomic E-state index is 14.7. The van der Waals surface area contributed by atoms with Crippen molar-refractivity contribution >= 4 is 29.2 Å². The molecule has 1 saturated heterocycles. The molecule has 0 saturated carbocycles. The third-order valence-electron chi connectivity index (χ3n) is 4.68. The van der Waals surface area contributed by atoms with Gasteiger partial charge < -0.3 is 20.1 Å². The summed E-state index contributed by atoms with van der Waals surface area (Å²) in [7, 11) is 0. The predicted molar refractivity (Wildman–Crippen MR) is 98.7 cm³/mol. The number of carbonyl (C=O) groups excluding carboxylic acids is 3. The van der Waals surface area contributed by atoms with Crippen LogP contribution in [0.2, 0.25) is 0 Å². The van der Waals surface area contributed by atoms with E-state index >= 15 is 0 Å². The second-order valence-corrected chi connectivity index (χ2v) is 6.72. The molecular formula is C19H22FN3O5. The van der Waals surface area contributed by atoms with E-state index in [4.69, 9.17) is 9.84 Å². The molecule has 2 N–H and O–H groups in total. The van der Waals surface area contributed by atoms with Crippen LogP contribution in [-0.2, 0) is 14.3 Å². The zero-order valence-corrected chi connectivity index (χ0v) is 15.5. The number of rotatable bonds is 5. The number of nitrogens with one attached hydrogen (secondary N) is 1. The summed E-state index contributed by atoms with van der Waals surface area (Å²) >= 11 is 0. The summed E-state index contributed by atoms with van der Waals surface area (Å²) in [5.74, 6) is -1.17. The van der Waals surface area contributed by atoms with E-state index in [0.29, 0.717) is 36.2 Å². The van der Waals surface area contributed by atoms with Crippen molar-refractivity contribution in [2.24, 2.45) is 0 Å². The number of aliphatic hydroxyl groups excluding tert-OH is 1. The van der Waals surface area contributed by atoms with Gasteiger partial charge in [-0.25, -0.2) is 9.18 Å². The Morgan fingerprint density at radius 2 is 2.18 bits per heavy atom. The van der Waals surface area contributed by atoms with Crippen molar-refractivity contribution < 1.29 is 28.6 Å². The van der Waals surface area contributed by atoms with E-state index in [-0.39, 0.29) is 19.0 Å². The molecule has 0 unspecified atom stereocenters. The number of hydrogen-bond donors (Lipinski definition) is 2. The molecule has 3 rings (SSSR count). The SMILES string of the molecule is CC(=O)NC[C@H]1CN(c2ccc(C3=CN(C(=O)CO)CCC3)c(F)c2)C(=O)O1. The number of halogens is 1. The third kappa shape index (κ3) is 4.30. The van der Waals surface area contributed by atoms with Gasteiger partial charge in [-0.2, -0.15) is 0 Å². The Morgan fingerprint density at radius 3 is 2.86 bits per heavy atom. The standard InChI is InChI=1S/C19H22FN3O5/c1-12(25)21-8-15-10-23(19(27)28-15)14-4-5-16(17(20)7-14)13-3-2-6-22(9-13)18(26)11-24/h4-5,7,9,15,24H,2-3,6,8,10-11H2,1H3,(H,21,25)/t15-/m0/s1. The zero-order valence-electron chi connectivity index (χ0n) is 15.5. The quantitative estimate of drug-likeness (QED) is 0.787. The predicted octanol–water partition coefficient (Wildman–Crippen LogP) is 1.24. The topological polar surface area (TPSA) is 99.2 Å². The molecule has 2 heterocycles. The molecule has 0 aromatic heterocycles. The molecule has 8 nitrogen and oxygen atoms in total. The van der Waals surface area contributed by atoms with E-state index in [2.05, 4.69) is 5.32 Å². The first kappa shape index (κ1) is 19.8. The van der Waals surface area contributed by atoms with Crippen LogP contribution in [0.15, 0.2) is 24.4 Å². The normalized spacial score (nSPS) is 19.3. The minimum atomic E-state index is -0.598. The van der Waals surface area contributed by atoms with E-state index in [0.717, 1.165) is 0 Å². The smallest absolute Gasteiger partial charge is 0.414 e. The minimum absolute atomic E-state index is 0.194. The highest BCUT2D eigenvalue weighted by Gasteiger charge is 2.33. The summed E-state index contributed by atoms with van der Waals surface area (Å²) in [6.07, 6.45) is 1.74. The van der Waals surface area contributed by atoms with Crippen LogP contribution in [0.3, 0.4) is 0 Å². The fourth-order valence-electron chi connectivity index (χ4n) is 3.28. The van der Waals surface area contributed by atoms with Crippen LogP contribution in [0.4, 0.5) is 14.9 Å². The van der Waals surface area contributed by atoms with Crippen molar-refractivity contribution in [1.29, 1.82) is 0 Å². The number of nitrogens with zero attached hydrogens (tertiary/aromatic N) is 2. The van der Waals surface area contributed by atoms with Crippen molar-refractivity contribution in [3.63, 3.8) is 0 Å². The van der Waals surface area contributed by atoms with E-state index in [1.54, 1.807) is 18.3 Å². The van der Waals surface area contributed by atoms with E-state index in [1.807, 2.05) is 0 Å². The van der Waals surface area contributed by atoms with Crippen LogP contribution in [0, 0.1) is 5.82 Å². The highest BCUT2D eigenvalue weighted by Crippen LogP contribution is 2.30. The summed E-state index contributed by atoms with van der Waals surface area (Å²) in [6, 6.07) is 4.44. The van der Waals surface area contributed by atoms with E-state index in [1.165, 1.54) is 22.8 Å². The first-order valence-corrected chi connectivity index (χ1v) is 9.02. The van der Waals surface area contributed by atoms with Crippen molar-refractivity contribution in [1.82, 2.24) is 10.2 Å². The van der Waals surface area contributed by atoms with Crippen LogP contribution >= 0.6 is 0 Å². The van der Waals surface area contributed by atoms with Crippen molar-refractivity contribution in [2.45, 2.75) is 25.9 Å². The van der Waals surface area contributed by atoms with Gasteiger partial charge in [0.1, 0.15) is 18.5 Å². The first-order valence-electron chi connectivity index (χ1n) is 9.02. The zero-order chi connectivity index (χ0) is 20.3. The van der Waals surface area contributed by atoms with Gasteiger partial charge >= 0.3 is 6.09 Å². The highest BCUT2D eigenvalue weighted by atomic mass is 19.1. The molecule has 9 heteroatoms. The maximum Gasteiger partial charge on any atom is 0.414 e. The number of amides is 3. The van der Waals surface area contributed by atoms with Gasteiger partial charge in [-0.15, -0.1) is 0 Å². The van der Waals surface area contributed by atoms with Gasteiger partial charge in [0.05, 0.1) is 18.8 Å². The van der Waals surface area contributed by atoms with Crippen LogP contribution in [0.5, 0.6) is 0 Å². The molecule has 0 aliphatic carbocycles. The second kappa shape index (κ2) is 8.39. The van der Waals surface area contributed by atoms with E-state index < -0.39 is 30.5 Å². The van der Waals surface area contributed by atoms with Gasteiger partial charge in [0.25, 0.3) is 5.91 Å². The Labute approximate surface area is 161 Å². The van der Waals surface area contributed by atoms with Crippen molar-refractivity contribution in [3.05, 3.63) is 35.8 Å². The van der Waals surface area contributed by atoms with E-state index in [9.17, 15) is 18.8 Å². The average Bonchev–Trinajstić information content (AvgIpc) is 3.06. The summed E-state index contributed by atoms with van der Waals surface area (Å²) in [6.45, 7) is 1.66. The second-order valence-electron chi connectivity index (χ2n) is 6.72. The lowest BCUT2D eigenvalue weighted by molar-refractivity contribution is -0.131. The summed E-state index contributed by atoms with van der Waals surface area (Å²) in [5.41, 5.74) is 1.36. The fraction of sp³-hybridized carbons (Fsp3) is 0.421. The molecule has 0 radical (unpaired) electrons. The van der Waals surface area contributed by atoms with Crippen molar-refractivity contribution in [3.8, 4) is 0 Å². The molecule has 2 aliphatic heterocycles. The average molecular weight is 391 g/mol. The minimum Gasteiger partial charge on any atom is -0.442 e. The third-order valence-corrected chi connectivity index (χ3v) is 4.68. The summed E-state index contributed by atoms with van der Waals surface area (Å²) < 4.78 is 19.9. The van der Waals surface area contributed by atoms with Gasteiger partial charge in [-0.3, -0.25) is 14.5 Å². The molecule has 1 aromatic rings. The van der Waals surface area contributed by atoms with Crippen LogP contribution in [0.1, 0.15) is 25.3 Å². The number of anilines is 1. The highest BCUT2D eigenvalue weighted by molar-refractivity contribution is 5.90. The molecule has 0 bridgehead atoms. The van der Waals surface area contributed by atoms with Gasteiger partial charge in [-0.05, 0) is 36.6 Å². The van der Waals surface area contributed by atoms with Crippen LogP contribution in [-0.4, -0.2) is 60.3 Å². The lowest BCUT2D eigenvalue weighted by Crippen LogP contribution is -2.33. The Morgan fingerprint density at radius 1 is 1.39 bits per heavy atom. The maximum atomic E-state index is 14.7. The lowest BCUT2D eigenvalue weighted by Gasteiger charge is -2.25. The molecule has 150 valence electrons. The number of hydrogen-bond acceptors (Lipinski definition) is 5. The fourth-order valence-corrected chi connectivity index (χ4v) is 3.28. The molecular weight excluding hydrogens is 369 g/mol. The molecule has 1 atom stereocenters. The molecule has 0 spiro atoms. The monoisotopic (exact) mass is 391 g/mol. The molecule has 2 aliphatic rings. The van der Waals surface area contributed by atoms with Crippen LogP contribution in [0.25, 0.3) is 5.57 Å². The molecule has 1 aromatic carbocycles. The van der Waals surface area contributed by atoms with Gasteiger partial charge in [0, 0.05) is 25.2 Å². The number of aliphatic hydroxyl groups is 1. The lowest BCUT2D eigenvalue weighted by atomic mass is 9.98. The van der Waals surface area contributed by atoms with Gasteiger partial charge in [-0.1, -0.05) is 0 Å². The van der Waals surface area contributed by atoms with Gasteiger partial charge in [0.2, 0.25) is 5.91 Å². The Kier molecular flexibility index (Phi) is 5.93. The first-order chi connectivity index (χ1) is 13.4. The molecule has 1 fully saturated rings. The number of allylic oxidation sites excluding steroid dienone is 1. The molecule has 3 amide bonds. The Balaban J connectivity index is 1.76. The number of carbonyl (C=O) groups is 3. The molecule has 28 heavy (non-hydrogen) atoms.